The Morgan fingerprint density at radius 1 is 1.53 bits per heavy atom. The van der Waals surface area contributed by atoms with E-state index in [2.05, 4.69) is 14.9 Å². The molecule has 2 N–H and O–H groups in total. The standard InChI is InChI=1S/C10H8ClN3O2S/c1-5-9(17-14-13-5)10(16)12-8-3-2-6(15)4-7(8)11/h2-4,15H,1H3,(H,12,16). The van der Waals surface area contributed by atoms with Crippen LogP contribution in [0.5, 0.6) is 5.75 Å². The van der Waals surface area contributed by atoms with Crippen LogP contribution < -0.4 is 5.32 Å². The number of rotatable bonds is 2. The van der Waals surface area contributed by atoms with Gasteiger partial charge in [-0.3, -0.25) is 4.79 Å². The van der Waals surface area contributed by atoms with Gasteiger partial charge in [0.1, 0.15) is 10.6 Å². The smallest absolute Gasteiger partial charge is 0.269 e. The lowest BCUT2D eigenvalue weighted by Gasteiger charge is -2.06. The molecule has 0 saturated carbocycles. The summed E-state index contributed by atoms with van der Waals surface area (Å²) in [6, 6.07) is 4.33. The predicted molar refractivity (Wildman–Crippen MR) is 65.7 cm³/mol. The number of hydrogen-bond acceptors (Lipinski definition) is 5. The number of carbonyl (C=O) groups excluding carboxylic acids is 1. The summed E-state index contributed by atoms with van der Waals surface area (Å²) in [6.07, 6.45) is 0. The first kappa shape index (κ1) is 11.8. The molecule has 0 saturated heterocycles. The largest absolute Gasteiger partial charge is 0.508 e. The van der Waals surface area contributed by atoms with Crippen molar-refractivity contribution in [3.8, 4) is 5.75 Å². The fourth-order valence-electron chi connectivity index (χ4n) is 1.22. The zero-order valence-corrected chi connectivity index (χ0v) is 10.3. The SMILES string of the molecule is Cc1nnsc1C(=O)Nc1ccc(O)cc1Cl. The van der Waals surface area contributed by atoms with E-state index in [-0.39, 0.29) is 16.7 Å². The number of hydrogen-bond donors (Lipinski definition) is 2. The quantitative estimate of drug-likeness (QED) is 0.821. The number of halogens is 1. The van der Waals surface area contributed by atoms with Crippen LogP contribution in [0, 0.1) is 6.92 Å². The molecule has 0 radical (unpaired) electrons. The van der Waals surface area contributed by atoms with E-state index in [0.717, 1.165) is 11.5 Å². The van der Waals surface area contributed by atoms with Gasteiger partial charge in [0.15, 0.2) is 0 Å². The van der Waals surface area contributed by atoms with E-state index in [1.807, 2.05) is 0 Å². The van der Waals surface area contributed by atoms with Gasteiger partial charge in [0.2, 0.25) is 0 Å². The number of aromatic nitrogens is 2. The van der Waals surface area contributed by atoms with Crippen LogP contribution in [0.3, 0.4) is 0 Å². The minimum absolute atomic E-state index is 0.0450. The van der Waals surface area contributed by atoms with Crippen LogP contribution >= 0.6 is 23.1 Å². The third kappa shape index (κ3) is 2.54. The number of aryl methyl sites for hydroxylation is 1. The molecule has 1 aromatic carbocycles. The molecule has 2 aromatic rings. The number of aromatic hydroxyl groups is 1. The maximum Gasteiger partial charge on any atom is 0.269 e. The molecule has 0 spiro atoms. The molecule has 1 amide bonds. The van der Waals surface area contributed by atoms with Crippen molar-refractivity contribution in [2.75, 3.05) is 5.32 Å². The van der Waals surface area contributed by atoms with Gasteiger partial charge in [-0.15, -0.1) is 5.10 Å². The Bertz CT molecular complexity index is 570. The van der Waals surface area contributed by atoms with Crippen LogP contribution in [0.15, 0.2) is 18.2 Å². The molecule has 0 aliphatic heterocycles. The third-order valence-corrected chi connectivity index (χ3v) is 3.20. The summed E-state index contributed by atoms with van der Waals surface area (Å²) in [7, 11) is 0. The Morgan fingerprint density at radius 3 is 2.88 bits per heavy atom. The lowest BCUT2D eigenvalue weighted by molar-refractivity contribution is 0.103. The first-order chi connectivity index (χ1) is 8.08. The van der Waals surface area contributed by atoms with E-state index >= 15 is 0 Å². The van der Waals surface area contributed by atoms with Gasteiger partial charge in [0, 0.05) is 6.07 Å². The van der Waals surface area contributed by atoms with Crippen LogP contribution in [0.4, 0.5) is 5.69 Å². The van der Waals surface area contributed by atoms with Crippen molar-refractivity contribution < 1.29 is 9.90 Å². The molecule has 7 heteroatoms. The highest BCUT2D eigenvalue weighted by Gasteiger charge is 2.14. The summed E-state index contributed by atoms with van der Waals surface area (Å²) in [6.45, 7) is 1.71. The van der Waals surface area contributed by atoms with E-state index in [9.17, 15) is 9.90 Å². The Balaban J connectivity index is 2.22. The first-order valence-corrected chi connectivity index (χ1v) is 5.82. The van der Waals surface area contributed by atoms with Crippen LogP contribution in [0.1, 0.15) is 15.4 Å². The van der Waals surface area contributed by atoms with E-state index in [0.29, 0.717) is 16.3 Å². The summed E-state index contributed by atoms with van der Waals surface area (Å²) in [5.41, 5.74) is 1.00. The van der Waals surface area contributed by atoms with Gasteiger partial charge >= 0.3 is 0 Å². The van der Waals surface area contributed by atoms with E-state index in [1.54, 1.807) is 6.92 Å². The second kappa shape index (κ2) is 4.68. The molecule has 0 aliphatic carbocycles. The van der Waals surface area contributed by atoms with Gasteiger partial charge in [-0.05, 0) is 30.6 Å². The van der Waals surface area contributed by atoms with Crippen LogP contribution in [-0.2, 0) is 0 Å². The van der Waals surface area contributed by atoms with Gasteiger partial charge in [-0.2, -0.15) is 0 Å². The van der Waals surface area contributed by atoms with Crippen molar-refractivity contribution in [3.63, 3.8) is 0 Å². The first-order valence-electron chi connectivity index (χ1n) is 4.67. The van der Waals surface area contributed by atoms with Gasteiger partial charge < -0.3 is 10.4 Å². The normalized spacial score (nSPS) is 10.2. The number of amides is 1. The number of nitrogens with zero attached hydrogens (tertiary/aromatic N) is 2. The number of benzene rings is 1. The second-order valence-corrected chi connectivity index (χ2v) is 4.47. The molecule has 0 atom stereocenters. The molecule has 0 fully saturated rings. The lowest BCUT2D eigenvalue weighted by atomic mass is 10.3. The highest BCUT2D eigenvalue weighted by molar-refractivity contribution is 7.08. The van der Waals surface area contributed by atoms with Gasteiger partial charge in [-0.1, -0.05) is 16.1 Å². The van der Waals surface area contributed by atoms with Crippen LogP contribution in [0.2, 0.25) is 5.02 Å². The molecule has 0 aliphatic rings. The molecule has 0 unspecified atom stereocenters. The molecular weight excluding hydrogens is 262 g/mol. The Morgan fingerprint density at radius 2 is 2.29 bits per heavy atom. The predicted octanol–water partition coefficient (Wildman–Crippen LogP) is 2.46. The van der Waals surface area contributed by atoms with Crippen molar-refractivity contribution in [1.29, 1.82) is 0 Å². The highest BCUT2D eigenvalue weighted by atomic mass is 35.5. The molecule has 5 nitrogen and oxygen atoms in total. The monoisotopic (exact) mass is 269 g/mol. The Kier molecular flexibility index (Phi) is 3.26. The number of anilines is 1. The Hall–Kier alpha value is -1.66. The van der Waals surface area contributed by atoms with Gasteiger partial charge in [-0.25, -0.2) is 0 Å². The van der Waals surface area contributed by atoms with Crippen molar-refractivity contribution in [2.24, 2.45) is 0 Å². The molecule has 17 heavy (non-hydrogen) atoms. The second-order valence-electron chi connectivity index (χ2n) is 3.31. The van der Waals surface area contributed by atoms with Crippen molar-refractivity contribution in [1.82, 2.24) is 9.59 Å². The fraction of sp³-hybridized carbons (Fsp3) is 0.100. The number of phenolic OH excluding ortho intramolecular Hbond substituents is 1. The highest BCUT2D eigenvalue weighted by Crippen LogP contribution is 2.26. The maximum absolute atomic E-state index is 11.8. The molecule has 1 aromatic heterocycles. The summed E-state index contributed by atoms with van der Waals surface area (Å²) >= 11 is 6.89. The zero-order valence-electron chi connectivity index (χ0n) is 8.77. The van der Waals surface area contributed by atoms with Gasteiger partial charge in [0.25, 0.3) is 5.91 Å². The van der Waals surface area contributed by atoms with Crippen LogP contribution in [0.25, 0.3) is 0 Å². The van der Waals surface area contributed by atoms with Crippen molar-refractivity contribution in [3.05, 3.63) is 33.8 Å². The molecule has 2 rings (SSSR count). The van der Waals surface area contributed by atoms with E-state index in [4.69, 9.17) is 11.6 Å². The summed E-state index contributed by atoms with van der Waals surface area (Å²) < 4.78 is 3.68. The third-order valence-electron chi connectivity index (χ3n) is 2.06. The lowest BCUT2D eigenvalue weighted by Crippen LogP contribution is -2.11. The average Bonchev–Trinajstić information content (AvgIpc) is 2.68. The van der Waals surface area contributed by atoms with E-state index in [1.165, 1.54) is 18.2 Å². The molecule has 88 valence electrons. The summed E-state index contributed by atoms with van der Waals surface area (Å²) in [5, 5.41) is 15.8. The van der Waals surface area contributed by atoms with Crippen molar-refractivity contribution in [2.45, 2.75) is 6.92 Å². The number of phenols is 1. The Labute approximate surface area is 106 Å². The number of carbonyl (C=O) groups is 1. The fourth-order valence-corrected chi connectivity index (χ4v) is 2.00. The average molecular weight is 270 g/mol. The molecule has 1 heterocycles. The van der Waals surface area contributed by atoms with Gasteiger partial charge in [0.05, 0.1) is 16.4 Å². The summed E-state index contributed by atoms with van der Waals surface area (Å²) in [4.78, 5) is 12.3. The zero-order chi connectivity index (χ0) is 12.4. The maximum atomic E-state index is 11.8. The van der Waals surface area contributed by atoms with E-state index < -0.39 is 0 Å². The summed E-state index contributed by atoms with van der Waals surface area (Å²) in [5.74, 6) is -0.270. The van der Waals surface area contributed by atoms with Crippen LogP contribution in [-0.4, -0.2) is 20.6 Å². The number of nitrogens with one attached hydrogen (secondary N) is 1. The topological polar surface area (TPSA) is 75.1 Å². The minimum atomic E-state index is -0.315. The molecule has 0 bridgehead atoms. The minimum Gasteiger partial charge on any atom is -0.508 e. The molecular formula is C10H8ClN3O2S. The van der Waals surface area contributed by atoms with Crippen molar-refractivity contribution >= 4 is 34.7 Å².